The highest BCUT2D eigenvalue weighted by molar-refractivity contribution is 5.88. The SMILES string of the molecule is Cc1nonc1NC(=O)NC1CCCCC1. The van der Waals surface area contributed by atoms with Crippen LogP contribution in [0, 0.1) is 6.92 Å². The summed E-state index contributed by atoms with van der Waals surface area (Å²) < 4.78 is 4.49. The Kier molecular flexibility index (Phi) is 3.38. The van der Waals surface area contributed by atoms with Crippen molar-refractivity contribution < 1.29 is 9.42 Å². The third-order valence-electron chi connectivity index (χ3n) is 2.82. The van der Waals surface area contributed by atoms with Gasteiger partial charge in [-0.25, -0.2) is 9.42 Å². The van der Waals surface area contributed by atoms with Crippen LogP contribution in [0.5, 0.6) is 0 Å². The van der Waals surface area contributed by atoms with Crippen LogP contribution in [0.4, 0.5) is 10.6 Å². The molecule has 6 nitrogen and oxygen atoms in total. The zero-order valence-electron chi connectivity index (χ0n) is 9.32. The van der Waals surface area contributed by atoms with Gasteiger partial charge in [0.25, 0.3) is 0 Å². The summed E-state index contributed by atoms with van der Waals surface area (Å²) in [5.41, 5.74) is 0.582. The molecule has 0 aromatic carbocycles. The number of hydrogen-bond donors (Lipinski definition) is 2. The number of urea groups is 1. The summed E-state index contributed by atoms with van der Waals surface area (Å²) >= 11 is 0. The largest absolute Gasteiger partial charge is 0.335 e. The van der Waals surface area contributed by atoms with Gasteiger partial charge >= 0.3 is 6.03 Å². The second kappa shape index (κ2) is 4.96. The van der Waals surface area contributed by atoms with E-state index >= 15 is 0 Å². The highest BCUT2D eigenvalue weighted by Gasteiger charge is 2.16. The van der Waals surface area contributed by atoms with Crippen molar-refractivity contribution in [2.75, 3.05) is 5.32 Å². The van der Waals surface area contributed by atoms with Crippen molar-refractivity contribution in [2.24, 2.45) is 0 Å². The Morgan fingerprint density at radius 2 is 2.06 bits per heavy atom. The Morgan fingerprint density at radius 3 is 2.69 bits per heavy atom. The maximum Gasteiger partial charge on any atom is 0.320 e. The maximum atomic E-state index is 11.6. The van der Waals surface area contributed by atoms with Crippen LogP contribution in [0.3, 0.4) is 0 Å². The van der Waals surface area contributed by atoms with Gasteiger partial charge in [-0.1, -0.05) is 24.4 Å². The third kappa shape index (κ3) is 2.71. The van der Waals surface area contributed by atoms with E-state index in [4.69, 9.17) is 0 Å². The molecule has 1 aromatic heterocycles. The average Bonchev–Trinajstić information content (AvgIpc) is 2.66. The zero-order chi connectivity index (χ0) is 11.4. The number of amides is 2. The number of aromatic nitrogens is 2. The van der Waals surface area contributed by atoms with Crippen molar-refractivity contribution >= 4 is 11.8 Å². The van der Waals surface area contributed by atoms with Gasteiger partial charge in [-0.3, -0.25) is 5.32 Å². The Labute approximate surface area is 93.7 Å². The fraction of sp³-hybridized carbons (Fsp3) is 0.700. The normalized spacial score (nSPS) is 17.1. The second-order valence-electron chi connectivity index (χ2n) is 4.13. The number of aryl methyl sites for hydroxylation is 1. The molecule has 0 aliphatic heterocycles. The minimum Gasteiger partial charge on any atom is -0.335 e. The van der Waals surface area contributed by atoms with E-state index in [0.717, 1.165) is 12.8 Å². The number of carbonyl (C=O) groups is 1. The van der Waals surface area contributed by atoms with Crippen molar-refractivity contribution in [1.82, 2.24) is 15.6 Å². The molecule has 0 saturated heterocycles. The van der Waals surface area contributed by atoms with Gasteiger partial charge in [-0.2, -0.15) is 0 Å². The number of nitrogens with zero attached hydrogens (tertiary/aromatic N) is 2. The van der Waals surface area contributed by atoms with Gasteiger partial charge in [-0.15, -0.1) is 0 Å². The van der Waals surface area contributed by atoms with Gasteiger partial charge in [0, 0.05) is 6.04 Å². The van der Waals surface area contributed by atoms with Crippen molar-refractivity contribution in [2.45, 2.75) is 45.1 Å². The van der Waals surface area contributed by atoms with E-state index in [-0.39, 0.29) is 12.1 Å². The molecule has 2 rings (SSSR count). The van der Waals surface area contributed by atoms with Crippen LogP contribution in [0.1, 0.15) is 37.8 Å². The van der Waals surface area contributed by atoms with Crippen LogP contribution in [-0.2, 0) is 0 Å². The number of rotatable bonds is 2. The molecule has 0 radical (unpaired) electrons. The zero-order valence-corrected chi connectivity index (χ0v) is 9.32. The predicted molar refractivity (Wildman–Crippen MR) is 58.1 cm³/mol. The molecule has 1 aromatic rings. The number of carbonyl (C=O) groups excluding carboxylic acids is 1. The summed E-state index contributed by atoms with van der Waals surface area (Å²) in [5.74, 6) is 0.383. The molecule has 0 bridgehead atoms. The van der Waals surface area contributed by atoms with Crippen molar-refractivity contribution in [3.63, 3.8) is 0 Å². The van der Waals surface area contributed by atoms with E-state index in [2.05, 4.69) is 25.6 Å². The third-order valence-corrected chi connectivity index (χ3v) is 2.82. The number of nitrogens with one attached hydrogen (secondary N) is 2. The Morgan fingerprint density at radius 1 is 1.31 bits per heavy atom. The Bertz CT molecular complexity index is 357. The van der Waals surface area contributed by atoms with E-state index in [0.29, 0.717) is 11.5 Å². The molecule has 88 valence electrons. The second-order valence-corrected chi connectivity index (χ2v) is 4.13. The highest BCUT2D eigenvalue weighted by atomic mass is 16.6. The maximum absolute atomic E-state index is 11.6. The number of hydrogen-bond acceptors (Lipinski definition) is 4. The van der Waals surface area contributed by atoms with Crippen molar-refractivity contribution in [1.29, 1.82) is 0 Å². The summed E-state index contributed by atoms with van der Waals surface area (Å²) in [6.45, 7) is 1.73. The van der Waals surface area contributed by atoms with Crippen LogP contribution in [0.15, 0.2) is 4.63 Å². The van der Waals surface area contributed by atoms with Gasteiger partial charge in [-0.05, 0) is 24.9 Å². The molecular weight excluding hydrogens is 208 g/mol. The highest BCUT2D eigenvalue weighted by Crippen LogP contribution is 2.17. The molecule has 1 aliphatic rings. The smallest absolute Gasteiger partial charge is 0.320 e. The van der Waals surface area contributed by atoms with Gasteiger partial charge in [0.2, 0.25) is 5.82 Å². The molecule has 6 heteroatoms. The molecule has 0 unspecified atom stereocenters. The van der Waals surface area contributed by atoms with E-state index < -0.39 is 0 Å². The van der Waals surface area contributed by atoms with Crippen LogP contribution in [0.25, 0.3) is 0 Å². The first kappa shape index (κ1) is 10.9. The van der Waals surface area contributed by atoms with Crippen molar-refractivity contribution in [3.8, 4) is 0 Å². The molecule has 0 atom stereocenters. The number of anilines is 1. The van der Waals surface area contributed by atoms with Crippen LogP contribution < -0.4 is 10.6 Å². The lowest BCUT2D eigenvalue weighted by molar-refractivity contribution is 0.243. The Hall–Kier alpha value is -1.59. The first-order valence-corrected chi connectivity index (χ1v) is 5.62. The molecule has 1 aliphatic carbocycles. The lowest BCUT2D eigenvalue weighted by Gasteiger charge is -2.22. The molecule has 16 heavy (non-hydrogen) atoms. The van der Waals surface area contributed by atoms with Crippen LogP contribution in [-0.4, -0.2) is 22.4 Å². The van der Waals surface area contributed by atoms with Crippen LogP contribution in [0.2, 0.25) is 0 Å². The summed E-state index contributed by atoms with van der Waals surface area (Å²) in [7, 11) is 0. The summed E-state index contributed by atoms with van der Waals surface area (Å²) in [6, 6.07) is 0.0552. The summed E-state index contributed by atoms with van der Waals surface area (Å²) in [4.78, 5) is 11.6. The fourth-order valence-corrected chi connectivity index (χ4v) is 1.92. The summed E-state index contributed by atoms with van der Waals surface area (Å²) in [6.07, 6.45) is 5.77. The van der Waals surface area contributed by atoms with E-state index in [1.165, 1.54) is 19.3 Å². The lowest BCUT2D eigenvalue weighted by Crippen LogP contribution is -2.39. The lowest BCUT2D eigenvalue weighted by atomic mass is 9.96. The standard InChI is InChI=1S/C10H16N4O2/c1-7-9(14-16-13-7)12-10(15)11-8-5-3-2-4-6-8/h8H,2-6H2,1H3,(H2,11,12,14,15). The van der Waals surface area contributed by atoms with Gasteiger partial charge < -0.3 is 5.32 Å². The first-order valence-electron chi connectivity index (χ1n) is 5.62. The molecule has 1 saturated carbocycles. The topological polar surface area (TPSA) is 80.1 Å². The van der Waals surface area contributed by atoms with Gasteiger partial charge in [0.1, 0.15) is 5.69 Å². The molecule has 0 spiro atoms. The fourth-order valence-electron chi connectivity index (χ4n) is 1.92. The molecule has 2 N–H and O–H groups in total. The molecule has 2 amide bonds. The first-order chi connectivity index (χ1) is 7.75. The van der Waals surface area contributed by atoms with Crippen LogP contribution >= 0.6 is 0 Å². The minimum absolute atomic E-state index is 0.231. The average molecular weight is 224 g/mol. The van der Waals surface area contributed by atoms with E-state index in [1.807, 2.05) is 0 Å². The predicted octanol–water partition coefficient (Wildman–Crippen LogP) is 1.83. The molecular formula is C10H16N4O2. The van der Waals surface area contributed by atoms with E-state index in [9.17, 15) is 4.79 Å². The molecule has 1 fully saturated rings. The Balaban J connectivity index is 1.82. The van der Waals surface area contributed by atoms with Gasteiger partial charge in [0.05, 0.1) is 0 Å². The summed E-state index contributed by atoms with van der Waals surface area (Å²) in [5, 5.41) is 12.7. The van der Waals surface area contributed by atoms with E-state index in [1.54, 1.807) is 6.92 Å². The minimum atomic E-state index is -0.231. The molecule has 1 heterocycles. The monoisotopic (exact) mass is 224 g/mol. The quantitative estimate of drug-likeness (QED) is 0.803. The van der Waals surface area contributed by atoms with Crippen molar-refractivity contribution in [3.05, 3.63) is 5.69 Å². The van der Waals surface area contributed by atoms with Gasteiger partial charge in [0.15, 0.2) is 0 Å².